The first-order valence-electron chi connectivity index (χ1n) is 11.2. The Bertz CT molecular complexity index is 1040. The molecule has 2 aromatic carbocycles. The van der Waals surface area contributed by atoms with Gasteiger partial charge in [-0.25, -0.2) is 4.79 Å². The Morgan fingerprint density at radius 3 is 2.34 bits per heavy atom. The number of rotatable bonds is 9. The van der Waals surface area contributed by atoms with Gasteiger partial charge in [0.1, 0.15) is 6.54 Å². The number of hydrogen-bond donors (Lipinski definition) is 1. The van der Waals surface area contributed by atoms with Crippen LogP contribution in [0.5, 0.6) is 0 Å². The number of benzene rings is 2. The molecule has 0 spiro atoms. The Morgan fingerprint density at radius 1 is 0.938 bits per heavy atom. The van der Waals surface area contributed by atoms with Gasteiger partial charge in [-0.15, -0.1) is 0 Å². The van der Waals surface area contributed by atoms with Crippen LogP contribution >= 0.6 is 0 Å². The quantitative estimate of drug-likeness (QED) is 0.541. The first-order valence-corrected chi connectivity index (χ1v) is 11.2. The Hall–Kier alpha value is -3.28. The predicted molar refractivity (Wildman–Crippen MR) is 130 cm³/mol. The summed E-state index contributed by atoms with van der Waals surface area (Å²) < 4.78 is 0. The maximum atomic E-state index is 13.4. The zero-order chi connectivity index (χ0) is 23.1. The van der Waals surface area contributed by atoms with Gasteiger partial charge in [-0.2, -0.15) is 0 Å². The number of carbonyl (C=O) groups excluding carboxylic acids is 2. The monoisotopic (exact) mass is 434 g/mol. The molecular weight excluding hydrogens is 400 g/mol. The maximum Gasteiger partial charge on any atom is 0.319 e. The lowest BCUT2D eigenvalue weighted by molar-refractivity contribution is -0.132. The van der Waals surface area contributed by atoms with Crippen molar-refractivity contribution in [2.24, 2.45) is 0 Å². The Morgan fingerprint density at radius 2 is 1.66 bits per heavy atom. The van der Waals surface area contributed by atoms with E-state index in [9.17, 15) is 9.59 Å². The Kier molecular flexibility index (Phi) is 7.92. The number of urea groups is 1. The molecule has 3 rings (SSSR count). The van der Waals surface area contributed by atoms with Crippen LogP contribution in [0.4, 0.5) is 4.79 Å². The second-order valence-corrected chi connectivity index (χ2v) is 8.51. The summed E-state index contributed by atoms with van der Waals surface area (Å²) in [4.78, 5) is 34.3. The van der Waals surface area contributed by atoms with Gasteiger partial charge in [-0.05, 0) is 37.0 Å². The highest BCUT2D eigenvalue weighted by molar-refractivity contribution is 5.85. The van der Waals surface area contributed by atoms with Gasteiger partial charge in [-0.3, -0.25) is 4.79 Å². The summed E-state index contributed by atoms with van der Waals surface area (Å²) in [5.41, 5.74) is 4.57. The van der Waals surface area contributed by atoms with E-state index in [-0.39, 0.29) is 18.5 Å². The molecule has 6 heteroatoms. The predicted octanol–water partition coefficient (Wildman–Crippen LogP) is 4.44. The second kappa shape index (κ2) is 10.8. The third-order valence-electron chi connectivity index (χ3n) is 5.65. The third-order valence-corrected chi connectivity index (χ3v) is 5.65. The molecule has 0 atom stereocenters. The van der Waals surface area contributed by atoms with E-state index in [1.165, 1.54) is 21.4 Å². The number of nitrogens with one attached hydrogen (secondary N) is 1. The Balaban J connectivity index is 1.78. The SMILES string of the molecule is CCCN(CC(=O)N(CCc1c[nH]c2ccccc12)Cc1ccc(C)cc1)C(=O)N(C)C. The van der Waals surface area contributed by atoms with Gasteiger partial charge >= 0.3 is 6.03 Å². The summed E-state index contributed by atoms with van der Waals surface area (Å²) in [6, 6.07) is 16.3. The van der Waals surface area contributed by atoms with Crippen LogP contribution in [0.2, 0.25) is 0 Å². The van der Waals surface area contributed by atoms with Crippen molar-refractivity contribution in [1.82, 2.24) is 19.7 Å². The van der Waals surface area contributed by atoms with Crippen molar-refractivity contribution in [2.75, 3.05) is 33.7 Å². The standard InChI is InChI=1S/C26H34N4O2/c1-5-15-30(26(32)28(3)4)19-25(31)29(18-21-12-10-20(2)11-13-21)16-14-22-17-27-24-9-7-6-8-23(22)24/h6-13,17,27H,5,14-16,18-19H2,1-4H3. The molecule has 0 fully saturated rings. The van der Waals surface area contributed by atoms with Crippen molar-refractivity contribution in [2.45, 2.75) is 33.2 Å². The van der Waals surface area contributed by atoms with Gasteiger partial charge in [0.05, 0.1) is 0 Å². The van der Waals surface area contributed by atoms with Crippen LogP contribution in [-0.2, 0) is 17.8 Å². The number of nitrogens with zero attached hydrogens (tertiary/aromatic N) is 3. The molecule has 1 heterocycles. The molecule has 1 aromatic heterocycles. The number of amides is 3. The maximum absolute atomic E-state index is 13.4. The lowest BCUT2D eigenvalue weighted by Gasteiger charge is -2.29. The minimum absolute atomic E-state index is 0.0333. The van der Waals surface area contributed by atoms with Gasteiger partial charge in [0.15, 0.2) is 0 Å². The fourth-order valence-corrected chi connectivity index (χ4v) is 3.86. The normalized spacial score (nSPS) is 10.9. The molecule has 3 amide bonds. The van der Waals surface area contributed by atoms with Crippen LogP contribution in [-0.4, -0.2) is 65.4 Å². The lowest BCUT2D eigenvalue weighted by atomic mass is 10.1. The number of fused-ring (bicyclic) bond motifs is 1. The largest absolute Gasteiger partial charge is 0.361 e. The smallest absolute Gasteiger partial charge is 0.319 e. The summed E-state index contributed by atoms with van der Waals surface area (Å²) in [7, 11) is 3.44. The number of carbonyl (C=O) groups is 2. The van der Waals surface area contributed by atoms with Crippen LogP contribution in [0, 0.1) is 6.92 Å². The van der Waals surface area contributed by atoms with E-state index >= 15 is 0 Å². The summed E-state index contributed by atoms with van der Waals surface area (Å²) in [6.45, 7) is 5.83. The molecule has 3 aromatic rings. The number of para-hydroxylation sites is 1. The molecule has 1 N–H and O–H groups in total. The van der Waals surface area contributed by atoms with Crippen molar-refractivity contribution in [1.29, 1.82) is 0 Å². The first-order chi connectivity index (χ1) is 15.4. The summed E-state index contributed by atoms with van der Waals surface area (Å²) in [5.74, 6) is -0.0333. The summed E-state index contributed by atoms with van der Waals surface area (Å²) >= 11 is 0. The van der Waals surface area contributed by atoms with E-state index in [2.05, 4.69) is 48.3 Å². The number of aromatic amines is 1. The van der Waals surface area contributed by atoms with Crippen LogP contribution in [0.15, 0.2) is 54.7 Å². The summed E-state index contributed by atoms with van der Waals surface area (Å²) in [6.07, 6.45) is 3.58. The first kappa shape index (κ1) is 23.4. The average Bonchev–Trinajstić information content (AvgIpc) is 3.20. The van der Waals surface area contributed by atoms with Crippen molar-refractivity contribution in [3.05, 3.63) is 71.4 Å². The van der Waals surface area contributed by atoms with Gasteiger partial charge in [0.2, 0.25) is 5.91 Å². The van der Waals surface area contributed by atoms with Gasteiger partial charge in [0.25, 0.3) is 0 Å². The number of hydrogen-bond acceptors (Lipinski definition) is 2. The third kappa shape index (κ3) is 5.90. The number of aromatic nitrogens is 1. The van der Waals surface area contributed by atoms with E-state index in [0.29, 0.717) is 19.6 Å². The minimum atomic E-state index is -0.132. The van der Waals surface area contributed by atoms with Gasteiger partial charge in [-0.1, -0.05) is 55.0 Å². The van der Waals surface area contributed by atoms with Crippen molar-refractivity contribution in [3.63, 3.8) is 0 Å². The molecule has 6 nitrogen and oxygen atoms in total. The van der Waals surface area contributed by atoms with E-state index in [0.717, 1.165) is 23.9 Å². The zero-order valence-corrected chi connectivity index (χ0v) is 19.6. The molecule has 170 valence electrons. The molecule has 0 saturated carbocycles. The highest BCUT2D eigenvalue weighted by Crippen LogP contribution is 2.19. The van der Waals surface area contributed by atoms with Crippen LogP contribution in [0.1, 0.15) is 30.0 Å². The van der Waals surface area contributed by atoms with Crippen LogP contribution in [0.3, 0.4) is 0 Å². The highest BCUT2D eigenvalue weighted by Gasteiger charge is 2.22. The highest BCUT2D eigenvalue weighted by atomic mass is 16.2. The molecule has 0 aliphatic carbocycles. The molecule has 0 unspecified atom stereocenters. The second-order valence-electron chi connectivity index (χ2n) is 8.51. The van der Waals surface area contributed by atoms with Gasteiger partial charge in [0, 0.05) is 50.8 Å². The number of H-pyrrole nitrogens is 1. The van der Waals surface area contributed by atoms with Crippen LogP contribution < -0.4 is 0 Å². The van der Waals surface area contributed by atoms with E-state index < -0.39 is 0 Å². The lowest BCUT2D eigenvalue weighted by Crippen LogP contribution is -2.46. The average molecular weight is 435 g/mol. The molecule has 32 heavy (non-hydrogen) atoms. The number of aryl methyl sites for hydroxylation is 1. The fraction of sp³-hybridized carbons (Fsp3) is 0.385. The fourth-order valence-electron chi connectivity index (χ4n) is 3.86. The van der Waals surface area contributed by atoms with E-state index in [4.69, 9.17) is 0 Å². The van der Waals surface area contributed by atoms with E-state index in [1.54, 1.807) is 19.0 Å². The zero-order valence-electron chi connectivity index (χ0n) is 19.6. The Labute approximate surface area is 190 Å². The van der Waals surface area contributed by atoms with Crippen molar-refractivity contribution < 1.29 is 9.59 Å². The molecule has 0 aliphatic rings. The van der Waals surface area contributed by atoms with Gasteiger partial charge < -0.3 is 19.7 Å². The molecule has 0 radical (unpaired) electrons. The van der Waals surface area contributed by atoms with E-state index in [1.807, 2.05) is 30.2 Å². The molecule has 0 aliphatic heterocycles. The van der Waals surface area contributed by atoms with Crippen molar-refractivity contribution in [3.8, 4) is 0 Å². The minimum Gasteiger partial charge on any atom is -0.361 e. The molecular formula is C26H34N4O2. The topological polar surface area (TPSA) is 59.7 Å². The molecule has 0 bridgehead atoms. The molecule has 0 saturated heterocycles. The summed E-state index contributed by atoms with van der Waals surface area (Å²) in [5, 5.41) is 1.19. The van der Waals surface area contributed by atoms with Crippen LogP contribution in [0.25, 0.3) is 10.9 Å². The van der Waals surface area contributed by atoms with Crippen molar-refractivity contribution >= 4 is 22.8 Å².